The topological polar surface area (TPSA) is 9.23 Å². The monoisotopic (exact) mass is 298 g/mol. The fourth-order valence-corrected chi connectivity index (χ4v) is 2.82. The Morgan fingerprint density at radius 1 is 0.609 bits per heavy atom. The molecule has 3 aromatic carbocycles. The Balaban J connectivity index is 2.31. The summed E-state index contributed by atoms with van der Waals surface area (Å²) in [6.07, 6.45) is 2.83. The van der Waals surface area contributed by atoms with Crippen molar-refractivity contribution < 1.29 is 4.74 Å². The van der Waals surface area contributed by atoms with Gasteiger partial charge in [-0.15, -0.1) is 0 Å². The highest BCUT2D eigenvalue weighted by atomic mass is 16.5. The van der Waals surface area contributed by atoms with Crippen LogP contribution in [0.3, 0.4) is 0 Å². The van der Waals surface area contributed by atoms with Gasteiger partial charge in [0, 0.05) is 23.6 Å². The van der Waals surface area contributed by atoms with E-state index >= 15 is 0 Å². The summed E-state index contributed by atoms with van der Waals surface area (Å²) in [6.45, 7) is 1.78. The van der Waals surface area contributed by atoms with Gasteiger partial charge >= 0.3 is 0 Å². The first-order valence-electron chi connectivity index (χ1n) is 7.64. The minimum absolute atomic E-state index is 0.743. The maximum atomic E-state index is 6.18. The lowest BCUT2D eigenvalue weighted by atomic mass is 9.80. The summed E-state index contributed by atoms with van der Waals surface area (Å²) >= 11 is 0. The third kappa shape index (κ3) is 2.84. The molecule has 0 unspecified atom stereocenters. The van der Waals surface area contributed by atoms with Crippen LogP contribution in [0.4, 0.5) is 0 Å². The Bertz CT molecular complexity index is 699. The van der Waals surface area contributed by atoms with Gasteiger partial charge in [0.2, 0.25) is 0 Å². The Kier molecular flexibility index (Phi) is 4.45. The van der Waals surface area contributed by atoms with Gasteiger partial charge in [-0.2, -0.15) is 0 Å². The molecule has 0 bridgehead atoms. The Morgan fingerprint density at radius 2 is 0.957 bits per heavy atom. The highest BCUT2D eigenvalue weighted by Gasteiger charge is 2.38. The molecule has 0 saturated heterocycles. The van der Waals surface area contributed by atoms with E-state index in [1.54, 1.807) is 6.92 Å². The van der Waals surface area contributed by atoms with Gasteiger partial charge in [0.05, 0.1) is 0 Å². The Labute approximate surface area is 137 Å². The Hall–Kier alpha value is -2.98. The summed E-state index contributed by atoms with van der Waals surface area (Å²) in [6, 6.07) is 30.7. The zero-order chi connectivity index (χ0) is 16.0. The van der Waals surface area contributed by atoms with Gasteiger partial charge in [-0.05, 0) is 0 Å². The molecule has 1 heteroatoms. The van der Waals surface area contributed by atoms with Crippen LogP contribution >= 0.6 is 0 Å². The van der Waals surface area contributed by atoms with Crippen LogP contribution in [-0.2, 0) is 10.3 Å². The van der Waals surface area contributed by atoms with Gasteiger partial charge < -0.3 is 4.74 Å². The molecule has 0 aliphatic rings. The number of ether oxygens (including phenoxy) is 1. The van der Waals surface area contributed by atoms with Crippen molar-refractivity contribution in [3.8, 4) is 12.0 Å². The first kappa shape index (κ1) is 14.9. The van der Waals surface area contributed by atoms with Gasteiger partial charge in [-0.3, -0.25) is 0 Å². The smallest absolute Gasteiger partial charge is 0.196 e. The van der Waals surface area contributed by atoms with Gasteiger partial charge in [0.25, 0.3) is 0 Å². The zero-order valence-corrected chi connectivity index (χ0v) is 13.1. The second-order valence-electron chi connectivity index (χ2n) is 5.23. The van der Waals surface area contributed by atoms with E-state index in [9.17, 15) is 0 Å². The van der Waals surface area contributed by atoms with Crippen molar-refractivity contribution >= 4 is 0 Å². The van der Waals surface area contributed by atoms with Gasteiger partial charge in [0.15, 0.2) is 5.60 Å². The fourth-order valence-electron chi connectivity index (χ4n) is 2.82. The van der Waals surface area contributed by atoms with E-state index < -0.39 is 5.60 Å². The quantitative estimate of drug-likeness (QED) is 0.488. The summed E-state index contributed by atoms with van der Waals surface area (Å²) in [7, 11) is 0. The van der Waals surface area contributed by atoms with E-state index in [0.29, 0.717) is 0 Å². The molecule has 0 N–H and O–H groups in total. The van der Waals surface area contributed by atoms with E-state index in [1.165, 1.54) is 0 Å². The molecule has 112 valence electrons. The first-order chi connectivity index (χ1) is 11.4. The molecule has 0 aliphatic heterocycles. The van der Waals surface area contributed by atoms with Crippen molar-refractivity contribution in [2.75, 3.05) is 0 Å². The van der Waals surface area contributed by atoms with Crippen molar-refractivity contribution in [2.45, 2.75) is 12.5 Å². The van der Waals surface area contributed by atoms with Crippen LogP contribution in [0.2, 0.25) is 0 Å². The lowest BCUT2D eigenvalue weighted by molar-refractivity contribution is 0.119. The lowest BCUT2D eigenvalue weighted by Crippen LogP contribution is -2.31. The molecular formula is C22H18O. The maximum Gasteiger partial charge on any atom is 0.196 e. The molecule has 0 atom stereocenters. The number of hydrogen-bond acceptors (Lipinski definition) is 1. The molecule has 0 radical (unpaired) electrons. The molecule has 0 amide bonds. The average molecular weight is 298 g/mol. The van der Waals surface area contributed by atoms with Crippen LogP contribution < -0.4 is 0 Å². The van der Waals surface area contributed by atoms with Crippen molar-refractivity contribution in [2.24, 2.45) is 0 Å². The molecule has 0 fully saturated rings. The number of hydrogen-bond donors (Lipinski definition) is 0. The summed E-state index contributed by atoms with van der Waals surface area (Å²) in [5, 5.41) is 0. The first-order valence-corrected chi connectivity index (χ1v) is 7.64. The average Bonchev–Trinajstić information content (AvgIpc) is 2.65. The van der Waals surface area contributed by atoms with E-state index in [-0.39, 0.29) is 0 Å². The molecule has 3 aromatic rings. The van der Waals surface area contributed by atoms with Crippen LogP contribution in [0, 0.1) is 12.0 Å². The third-order valence-corrected chi connectivity index (χ3v) is 3.85. The SMILES string of the molecule is CC#COC(c1ccccc1)(c1ccccc1)c1ccccc1. The van der Waals surface area contributed by atoms with Crippen molar-refractivity contribution in [1.29, 1.82) is 0 Å². The molecule has 0 aliphatic carbocycles. The van der Waals surface area contributed by atoms with E-state index in [4.69, 9.17) is 4.74 Å². The molecule has 0 heterocycles. The predicted octanol–water partition coefficient (Wildman–Crippen LogP) is 4.98. The molecule has 0 spiro atoms. The molecule has 1 nitrogen and oxygen atoms in total. The highest BCUT2D eigenvalue weighted by Crippen LogP contribution is 2.39. The van der Waals surface area contributed by atoms with Gasteiger partial charge in [-0.1, -0.05) is 96.9 Å². The summed E-state index contributed by atoms with van der Waals surface area (Å²) in [4.78, 5) is 0. The second-order valence-corrected chi connectivity index (χ2v) is 5.23. The molecule has 0 aromatic heterocycles. The minimum Gasteiger partial charge on any atom is -0.425 e. The molecule has 3 rings (SSSR count). The van der Waals surface area contributed by atoms with Crippen molar-refractivity contribution in [3.63, 3.8) is 0 Å². The normalized spacial score (nSPS) is 10.5. The molecule has 0 saturated carbocycles. The van der Waals surface area contributed by atoms with Crippen molar-refractivity contribution in [3.05, 3.63) is 108 Å². The van der Waals surface area contributed by atoms with Crippen LogP contribution in [0.15, 0.2) is 91.0 Å². The predicted molar refractivity (Wildman–Crippen MR) is 93.7 cm³/mol. The zero-order valence-electron chi connectivity index (χ0n) is 13.1. The summed E-state index contributed by atoms with van der Waals surface area (Å²) in [5.41, 5.74) is 2.42. The van der Waals surface area contributed by atoms with Crippen LogP contribution in [0.5, 0.6) is 0 Å². The lowest BCUT2D eigenvalue weighted by Gasteiger charge is -2.33. The van der Waals surface area contributed by atoms with E-state index in [0.717, 1.165) is 16.7 Å². The molecule has 23 heavy (non-hydrogen) atoms. The fraction of sp³-hybridized carbons (Fsp3) is 0.0909. The largest absolute Gasteiger partial charge is 0.425 e. The van der Waals surface area contributed by atoms with Crippen LogP contribution in [0.1, 0.15) is 23.6 Å². The van der Waals surface area contributed by atoms with Gasteiger partial charge in [-0.25, -0.2) is 0 Å². The second kappa shape index (κ2) is 6.85. The molecular weight excluding hydrogens is 280 g/mol. The minimum atomic E-state index is -0.743. The van der Waals surface area contributed by atoms with E-state index in [2.05, 4.69) is 48.4 Å². The van der Waals surface area contributed by atoms with Crippen LogP contribution in [-0.4, -0.2) is 0 Å². The summed E-state index contributed by atoms with van der Waals surface area (Å²) in [5.74, 6) is 2.86. The number of benzene rings is 3. The maximum absolute atomic E-state index is 6.18. The Morgan fingerprint density at radius 3 is 1.26 bits per heavy atom. The van der Waals surface area contributed by atoms with Crippen LogP contribution in [0.25, 0.3) is 0 Å². The van der Waals surface area contributed by atoms with Gasteiger partial charge in [0.1, 0.15) is 6.11 Å². The number of rotatable bonds is 4. The standard InChI is InChI=1S/C22H18O/c1-2-18-23-22(19-12-6-3-7-13-19,20-14-8-4-9-15-20)21-16-10-5-11-17-21/h3-17H,1H3. The summed E-state index contributed by atoms with van der Waals surface area (Å²) < 4.78 is 6.18. The highest BCUT2D eigenvalue weighted by molar-refractivity contribution is 5.47. The van der Waals surface area contributed by atoms with E-state index in [1.807, 2.05) is 54.6 Å². The third-order valence-electron chi connectivity index (χ3n) is 3.85. The van der Waals surface area contributed by atoms with Crippen molar-refractivity contribution in [1.82, 2.24) is 0 Å².